The number of hydrogen-bond acceptors (Lipinski definition) is 5. The Labute approximate surface area is 120 Å². The predicted octanol–water partition coefficient (Wildman–Crippen LogP) is 1.41. The maximum absolute atomic E-state index is 11.9. The third-order valence-electron chi connectivity index (χ3n) is 2.72. The van der Waals surface area contributed by atoms with E-state index in [9.17, 15) is 9.59 Å². The van der Waals surface area contributed by atoms with E-state index in [1.54, 1.807) is 19.2 Å². The van der Waals surface area contributed by atoms with Crippen molar-refractivity contribution < 1.29 is 23.8 Å². The lowest BCUT2D eigenvalue weighted by atomic mass is 10.3. The van der Waals surface area contributed by atoms with E-state index in [0.29, 0.717) is 12.3 Å². The summed E-state index contributed by atoms with van der Waals surface area (Å²) in [4.78, 5) is 27.9. The van der Waals surface area contributed by atoms with E-state index in [0.717, 1.165) is 0 Å². The average molecular weight is 290 g/mol. The maximum atomic E-state index is 11.9. The molecular formula is C14H14N2O5. The van der Waals surface area contributed by atoms with Gasteiger partial charge in [-0.15, -0.1) is 0 Å². The van der Waals surface area contributed by atoms with Crippen LogP contribution >= 0.6 is 0 Å². The molecule has 0 radical (unpaired) electrons. The number of likely N-dealkylation sites (N-methyl/N-ethyl adjacent to an activating group) is 1. The minimum atomic E-state index is -1.10. The standard InChI is InChI=1S/C14H14N2O5/c1-16(8-11-3-2-4-20-11)13(17)9-21-12-5-10(14(18)19)6-15-7-12/h2-7H,8-9H2,1H3,(H,18,19). The highest BCUT2D eigenvalue weighted by Crippen LogP contribution is 2.11. The summed E-state index contributed by atoms with van der Waals surface area (Å²) in [6, 6.07) is 4.83. The molecule has 7 nitrogen and oxygen atoms in total. The molecule has 0 aliphatic carbocycles. The van der Waals surface area contributed by atoms with Crippen LogP contribution in [0.25, 0.3) is 0 Å². The van der Waals surface area contributed by atoms with Crippen molar-refractivity contribution in [2.45, 2.75) is 6.54 Å². The van der Waals surface area contributed by atoms with E-state index in [1.807, 2.05) is 0 Å². The highest BCUT2D eigenvalue weighted by Gasteiger charge is 2.12. The Morgan fingerprint density at radius 3 is 2.90 bits per heavy atom. The number of carboxylic acids is 1. The van der Waals surface area contributed by atoms with Crippen LogP contribution in [-0.4, -0.2) is 40.5 Å². The molecule has 0 spiro atoms. The van der Waals surface area contributed by atoms with E-state index in [1.165, 1.54) is 29.6 Å². The molecule has 0 aromatic carbocycles. The molecular weight excluding hydrogens is 276 g/mol. The summed E-state index contributed by atoms with van der Waals surface area (Å²) in [5, 5.41) is 8.84. The second-order valence-electron chi connectivity index (χ2n) is 4.33. The van der Waals surface area contributed by atoms with Gasteiger partial charge in [0.25, 0.3) is 5.91 Å². The Bertz CT molecular complexity index is 624. The van der Waals surface area contributed by atoms with Gasteiger partial charge in [0.15, 0.2) is 6.61 Å². The highest BCUT2D eigenvalue weighted by atomic mass is 16.5. The van der Waals surface area contributed by atoms with Gasteiger partial charge in [-0.3, -0.25) is 9.78 Å². The van der Waals surface area contributed by atoms with Crippen molar-refractivity contribution in [1.82, 2.24) is 9.88 Å². The van der Waals surface area contributed by atoms with Crippen LogP contribution in [0.5, 0.6) is 5.75 Å². The zero-order chi connectivity index (χ0) is 15.2. The van der Waals surface area contributed by atoms with E-state index in [4.69, 9.17) is 14.3 Å². The molecule has 7 heteroatoms. The first-order valence-electron chi connectivity index (χ1n) is 6.14. The van der Waals surface area contributed by atoms with Gasteiger partial charge in [-0.1, -0.05) is 0 Å². The second kappa shape index (κ2) is 6.56. The molecule has 1 amide bonds. The minimum absolute atomic E-state index is 0.00360. The molecule has 0 fully saturated rings. The first-order chi connectivity index (χ1) is 10.1. The lowest BCUT2D eigenvalue weighted by molar-refractivity contribution is -0.132. The predicted molar refractivity (Wildman–Crippen MR) is 71.9 cm³/mol. The fourth-order valence-electron chi connectivity index (χ4n) is 1.59. The number of aromatic nitrogens is 1. The Morgan fingerprint density at radius 1 is 1.43 bits per heavy atom. The van der Waals surface area contributed by atoms with Crippen molar-refractivity contribution in [3.8, 4) is 5.75 Å². The molecule has 2 heterocycles. The first-order valence-corrected chi connectivity index (χ1v) is 6.14. The summed E-state index contributed by atoms with van der Waals surface area (Å²) in [6.45, 7) is 0.130. The van der Waals surface area contributed by atoms with Gasteiger partial charge in [-0.05, 0) is 18.2 Å². The number of furan rings is 1. The molecule has 0 bridgehead atoms. The van der Waals surface area contributed by atoms with Gasteiger partial charge in [-0.25, -0.2) is 4.79 Å². The van der Waals surface area contributed by atoms with Crippen molar-refractivity contribution in [2.75, 3.05) is 13.7 Å². The van der Waals surface area contributed by atoms with Gasteiger partial charge in [-0.2, -0.15) is 0 Å². The quantitative estimate of drug-likeness (QED) is 0.864. The molecule has 0 aliphatic rings. The molecule has 1 N–H and O–H groups in total. The molecule has 0 saturated heterocycles. The number of carbonyl (C=O) groups is 2. The SMILES string of the molecule is CN(Cc1ccco1)C(=O)COc1cncc(C(=O)O)c1. The summed E-state index contributed by atoms with van der Waals surface area (Å²) < 4.78 is 10.4. The van der Waals surface area contributed by atoms with Crippen LogP contribution in [0.1, 0.15) is 16.1 Å². The summed E-state index contributed by atoms with van der Waals surface area (Å²) in [5.74, 6) is -0.462. The van der Waals surface area contributed by atoms with Crippen LogP contribution in [0.15, 0.2) is 41.3 Å². The smallest absolute Gasteiger partial charge is 0.337 e. The third kappa shape index (κ3) is 4.07. The Kier molecular flexibility index (Phi) is 4.55. The van der Waals surface area contributed by atoms with Gasteiger partial charge in [0.2, 0.25) is 0 Å². The van der Waals surface area contributed by atoms with Crippen molar-refractivity contribution in [3.63, 3.8) is 0 Å². The summed E-state index contributed by atoms with van der Waals surface area (Å²) in [7, 11) is 1.63. The molecule has 0 aliphatic heterocycles. The third-order valence-corrected chi connectivity index (χ3v) is 2.72. The van der Waals surface area contributed by atoms with Crippen LogP contribution in [0.2, 0.25) is 0 Å². The highest BCUT2D eigenvalue weighted by molar-refractivity contribution is 5.87. The Balaban J connectivity index is 1.88. The first kappa shape index (κ1) is 14.6. The molecule has 2 rings (SSSR count). The van der Waals surface area contributed by atoms with Crippen molar-refractivity contribution >= 4 is 11.9 Å². The van der Waals surface area contributed by atoms with Crippen LogP contribution in [-0.2, 0) is 11.3 Å². The van der Waals surface area contributed by atoms with Crippen molar-refractivity contribution in [1.29, 1.82) is 0 Å². The monoisotopic (exact) mass is 290 g/mol. The van der Waals surface area contributed by atoms with Crippen molar-refractivity contribution in [2.24, 2.45) is 0 Å². The average Bonchev–Trinajstić information content (AvgIpc) is 2.97. The van der Waals surface area contributed by atoms with Gasteiger partial charge < -0.3 is 19.2 Å². The number of carboxylic acid groups (broad SMARTS) is 1. The van der Waals surface area contributed by atoms with Gasteiger partial charge in [0.05, 0.1) is 24.6 Å². The molecule has 0 saturated carbocycles. The molecule has 110 valence electrons. The van der Waals surface area contributed by atoms with Crippen LogP contribution in [0.3, 0.4) is 0 Å². The van der Waals surface area contributed by atoms with E-state index >= 15 is 0 Å². The number of amides is 1. The van der Waals surface area contributed by atoms with Gasteiger partial charge >= 0.3 is 5.97 Å². The minimum Gasteiger partial charge on any atom is -0.482 e. The fraction of sp³-hybridized carbons (Fsp3) is 0.214. The van der Waals surface area contributed by atoms with Gasteiger partial charge in [0, 0.05) is 13.2 Å². The fourth-order valence-corrected chi connectivity index (χ4v) is 1.59. The topological polar surface area (TPSA) is 92.9 Å². The number of nitrogens with zero attached hydrogens (tertiary/aromatic N) is 2. The van der Waals surface area contributed by atoms with Crippen LogP contribution < -0.4 is 4.74 Å². The molecule has 0 atom stereocenters. The van der Waals surface area contributed by atoms with E-state index in [2.05, 4.69) is 4.98 Å². The lowest BCUT2D eigenvalue weighted by Gasteiger charge is -2.16. The zero-order valence-electron chi connectivity index (χ0n) is 11.4. The number of pyridine rings is 1. The van der Waals surface area contributed by atoms with Crippen LogP contribution in [0.4, 0.5) is 0 Å². The van der Waals surface area contributed by atoms with E-state index in [-0.39, 0.29) is 23.8 Å². The molecule has 21 heavy (non-hydrogen) atoms. The van der Waals surface area contributed by atoms with Crippen molar-refractivity contribution in [3.05, 3.63) is 48.2 Å². The number of carbonyl (C=O) groups excluding carboxylic acids is 1. The second-order valence-corrected chi connectivity index (χ2v) is 4.33. The summed E-state index contributed by atoms with van der Waals surface area (Å²) in [6.07, 6.45) is 4.10. The number of ether oxygens (including phenoxy) is 1. The lowest BCUT2D eigenvalue weighted by Crippen LogP contribution is -2.30. The number of aromatic carboxylic acids is 1. The van der Waals surface area contributed by atoms with Gasteiger partial charge in [0.1, 0.15) is 11.5 Å². The Morgan fingerprint density at radius 2 is 2.24 bits per heavy atom. The summed E-state index contributed by atoms with van der Waals surface area (Å²) in [5.41, 5.74) is 0.00360. The molecule has 0 unspecified atom stereocenters. The number of rotatable bonds is 6. The summed E-state index contributed by atoms with van der Waals surface area (Å²) >= 11 is 0. The molecule has 2 aromatic rings. The van der Waals surface area contributed by atoms with E-state index < -0.39 is 5.97 Å². The number of hydrogen-bond donors (Lipinski definition) is 1. The zero-order valence-corrected chi connectivity index (χ0v) is 11.4. The largest absolute Gasteiger partial charge is 0.482 e. The normalized spacial score (nSPS) is 10.1. The molecule has 2 aromatic heterocycles. The van der Waals surface area contributed by atoms with Crippen LogP contribution in [0, 0.1) is 0 Å². The maximum Gasteiger partial charge on any atom is 0.337 e. The Hall–Kier alpha value is -2.83.